The van der Waals surface area contributed by atoms with Crippen molar-refractivity contribution in [3.8, 4) is 17.2 Å². The zero-order chi connectivity index (χ0) is 29.1. The summed E-state index contributed by atoms with van der Waals surface area (Å²) in [6.45, 7) is 8.39. The lowest BCUT2D eigenvalue weighted by Gasteiger charge is -2.39. The highest BCUT2D eigenvalue weighted by molar-refractivity contribution is 6.13. The third kappa shape index (κ3) is 5.90. The number of carbonyl (C=O) groups is 2. The molecule has 1 aliphatic heterocycles. The molecule has 41 heavy (non-hydrogen) atoms. The number of pyridine rings is 2. The van der Waals surface area contributed by atoms with Crippen molar-refractivity contribution >= 4 is 28.6 Å². The Hall–Kier alpha value is -4.77. The van der Waals surface area contributed by atoms with Gasteiger partial charge in [0.1, 0.15) is 11.4 Å². The van der Waals surface area contributed by atoms with Gasteiger partial charge in [-0.1, -0.05) is 24.3 Å². The molecular formula is C33H33N5O3. The average Bonchev–Trinajstić information content (AvgIpc) is 2.97. The minimum atomic E-state index is -0.630. The van der Waals surface area contributed by atoms with Crippen molar-refractivity contribution in [3.05, 3.63) is 89.9 Å². The quantitative estimate of drug-likeness (QED) is 0.288. The van der Waals surface area contributed by atoms with E-state index in [1.165, 1.54) is 0 Å². The zero-order valence-corrected chi connectivity index (χ0v) is 23.8. The van der Waals surface area contributed by atoms with E-state index in [9.17, 15) is 14.9 Å². The number of aryl methyl sites for hydroxylation is 1. The van der Waals surface area contributed by atoms with Crippen LogP contribution in [0.3, 0.4) is 0 Å². The van der Waals surface area contributed by atoms with Crippen LogP contribution >= 0.6 is 0 Å². The Balaban J connectivity index is 1.65. The standard InChI is InChI=1S/C33H33N5O3/c1-22-8-5-9-24-14-16-36-30(29(22)24)38(26-11-7-17-37(21-26)32(40)41-33(2,3)4)31(39)27-13-12-23(19-34)18-28(27)25-10-6-15-35-20-25/h5-6,8-10,12-16,18,20,26H,7,11,17,21H2,1-4H3/t26-/m1/s1. The second-order valence-corrected chi connectivity index (χ2v) is 11.3. The molecule has 8 heteroatoms. The molecule has 0 spiro atoms. The highest BCUT2D eigenvalue weighted by Gasteiger charge is 2.36. The maximum atomic E-state index is 14.7. The Labute approximate surface area is 240 Å². The highest BCUT2D eigenvalue weighted by atomic mass is 16.6. The van der Waals surface area contributed by atoms with Crippen molar-refractivity contribution in [1.29, 1.82) is 5.26 Å². The SMILES string of the molecule is Cc1cccc2ccnc(N(C(=O)c3ccc(C#N)cc3-c3cccnc3)[C@@H]3CCCN(C(=O)OC(C)(C)C)C3)c12. The summed E-state index contributed by atoms with van der Waals surface area (Å²) in [7, 11) is 0. The molecule has 2 aromatic heterocycles. The number of nitriles is 1. The molecule has 0 N–H and O–H groups in total. The first-order valence-electron chi connectivity index (χ1n) is 13.8. The number of likely N-dealkylation sites (tertiary alicyclic amines) is 1. The summed E-state index contributed by atoms with van der Waals surface area (Å²) in [4.78, 5) is 40.3. The number of carbonyl (C=O) groups excluding carboxylic acids is 2. The van der Waals surface area contributed by atoms with Crippen molar-refractivity contribution in [2.45, 2.75) is 52.2 Å². The fraction of sp³-hybridized carbons (Fsp3) is 0.303. The summed E-state index contributed by atoms with van der Waals surface area (Å²) in [5, 5.41) is 11.5. The maximum absolute atomic E-state index is 14.7. The second kappa shape index (κ2) is 11.4. The fourth-order valence-corrected chi connectivity index (χ4v) is 5.35. The molecule has 2 aromatic carbocycles. The molecule has 0 saturated carbocycles. The smallest absolute Gasteiger partial charge is 0.410 e. The van der Waals surface area contributed by atoms with E-state index in [2.05, 4.69) is 11.1 Å². The van der Waals surface area contributed by atoms with Crippen LogP contribution in [0.5, 0.6) is 0 Å². The van der Waals surface area contributed by atoms with Gasteiger partial charge >= 0.3 is 6.09 Å². The first kappa shape index (κ1) is 27.8. The van der Waals surface area contributed by atoms with E-state index in [0.717, 1.165) is 21.9 Å². The van der Waals surface area contributed by atoms with Gasteiger partial charge in [-0.3, -0.25) is 14.7 Å². The number of nitrogens with zero attached hydrogens (tertiary/aromatic N) is 5. The summed E-state index contributed by atoms with van der Waals surface area (Å²) in [5.41, 5.74) is 2.58. The van der Waals surface area contributed by atoms with Crippen molar-refractivity contribution < 1.29 is 14.3 Å². The van der Waals surface area contributed by atoms with Gasteiger partial charge < -0.3 is 9.64 Å². The maximum Gasteiger partial charge on any atom is 0.410 e. The minimum Gasteiger partial charge on any atom is -0.444 e. The number of fused-ring (bicyclic) bond motifs is 1. The van der Waals surface area contributed by atoms with E-state index >= 15 is 0 Å². The molecule has 1 saturated heterocycles. The molecule has 4 aromatic rings. The summed E-state index contributed by atoms with van der Waals surface area (Å²) in [6.07, 6.45) is 6.07. The molecule has 1 aliphatic rings. The summed E-state index contributed by atoms with van der Waals surface area (Å²) in [5.74, 6) is 0.288. The predicted molar refractivity (Wildman–Crippen MR) is 159 cm³/mol. The fourth-order valence-electron chi connectivity index (χ4n) is 5.35. The minimum absolute atomic E-state index is 0.257. The third-order valence-corrected chi connectivity index (χ3v) is 7.19. The summed E-state index contributed by atoms with van der Waals surface area (Å²) < 4.78 is 5.68. The van der Waals surface area contributed by atoms with Crippen LogP contribution in [0, 0.1) is 18.3 Å². The number of amides is 2. The van der Waals surface area contributed by atoms with E-state index < -0.39 is 11.7 Å². The molecule has 3 heterocycles. The van der Waals surface area contributed by atoms with E-state index in [1.54, 1.807) is 52.7 Å². The van der Waals surface area contributed by atoms with Gasteiger partial charge in [0.15, 0.2) is 0 Å². The molecule has 0 aliphatic carbocycles. The Morgan fingerprint density at radius 2 is 1.93 bits per heavy atom. The van der Waals surface area contributed by atoms with Gasteiger partial charge in [-0.25, -0.2) is 9.78 Å². The highest BCUT2D eigenvalue weighted by Crippen LogP contribution is 2.34. The predicted octanol–water partition coefficient (Wildman–Crippen LogP) is 6.52. The molecular weight excluding hydrogens is 514 g/mol. The van der Waals surface area contributed by atoms with Crippen LogP contribution in [0.2, 0.25) is 0 Å². The van der Waals surface area contributed by atoms with Gasteiger partial charge in [-0.2, -0.15) is 5.26 Å². The Morgan fingerprint density at radius 3 is 2.66 bits per heavy atom. The summed E-state index contributed by atoms with van der Waals surface area (Å²) in [6, 6.07) is 18.5. The van der Waals surface area contributed by atoms with E-state index in [4.69, 9.17) is 9.72 Å². The van der Waals surface area contributed by atoms with Gasteiger partial charge in [0, 0.05) is 48.2 Å². The number of rotatable bonds is 4. The van der Waals surface area contributed by atoms with Gasteiger partial charge in [-0.15, -0.1) is 0 Å². The van der Waals surface area contributed by atoms with Gasteiger partial charge in [0.2, 0.25) is 0 Å². The molecule has 1 fully saturated rings. The summed E-state index contributed by atoms with van der Waals surface area (Å²) >= 11 is 0. The topological polar surface area (TPSA) is 99.4 Å². The van der Waals surface area contributed by atoms with Gasteiger partial charge in [0.25, 0.3) is 5.91 Å². The van der Waals surface area contributed by atoms with Crippen molar-refractivity contribution in [2.75, 3.05) is 18.0 Å². The van der Waals surface area contributed by atoms with E-state index in [0.29, 0.717) is 48.4 Å². The number of hydrogen-bond acceptors (Lipinski definition) is 6. The Morgan fingerprint density at radius 1 is 1.10 bits per heavy atom. The first-order chi connectivity index (χ1) is 19.7. The largest absolute Gasteiger partial charge is 0.444 e. The lowest BCUT2D eigenvalue weighted by molar-refractivity contribution is 0.0196. The number of aromatic nitrogens is 2. The van der Waals surface area contributed by atoms with Crippen molar-refractivity contribution in [3.63, 3.8) is 0 Å². The number of benzene rings is 2. The molecule has 0 unspecified atom stereocenters. The van der Waals surface area contributed by atoms with Crippen LogP contribution in [-0.2, 0) is 4.74 Å². The number of piperidine rings is 1. The molecule has 2 amide bonds. The molecule has 0 bridgehead atoms. The Kier molecular flexibility index (Phi) is 7.71. The monoisotopic (exact) mass is 547 g/mol. The first-order valence-corrected chi connectivity index (χ1v) is 13.8. The van der Waals surface area contributed by atoms with Crippen LogP contribution < -0.4 is 4.90 Å². The number of hydrogen-bond donors (Lipinski definition) is 0. The van der Waals surface area contributed by atoms with E-state index in [-0.39, 0.29) is 11.9 Å². The van der Waals surface area contributed by atoms with Crippen LogP contribution in [0.1, 0.15) is 55.1 Å². The molecule has 208 valence electrons. The van der Waals surface area contributed by atoms with Crippen LogP contribution in [0.25, 0.3) is 21.9 Å². The van der Waals surface area contributed by atoms with Crippen molar-refractivity contribution in [2.24, 2.45) is 0 Å². The normalized spacial score (nSPS) is 15.3. The average molecular weight is 548 g/mol. The van der Waals surface area contributed by atoms with Crippen molar-refractivity contribution in [1.82, 2.24) is 14.9 Å². The Bertz CT molecular complexity index is 1630. The number of ether oxygens (including phenoxy) is 1. The molecule has 5 rings (SSSR count). The molecule has 0 radical (unpaired) electrons. The molecule has 8 nitrogen and oxygen atoms in total. The van der Waals surface area contributed by atoms with E-state index in [1.807, 2.05) is 58.0 Å². The second-order valence-electron chi connectivity index (χ2n) is 11.3. The lowest BCUT2D eigenvalue weighted by atomic mass is 9.95. The van der Waals surface area contributed by atoms with Crippen LogP contribution in [0.4, 0.5) is 10.6 Å². The number of anilines is 1. The zero-order valence-electron chi connectivity index (χ0n) is 23.8. The van der Waals surface area contributed by atoms with Gasteiger partial charge in [-0.05, 0) is 87.4 Å². The third-order valence-electron chi connectivity index (χ3n) is 7.19. The molecule has 1 atom stereocenters. The lowest BCUT2D eigenvalue weighted by Crippen LogP contribution is -2.53. The van der Waals surface area contributed by atoms with Crippen LogP contribution in [-0.4, -0.2) is 51.6 Å². The van der Waals surface area contributed by atoms with Gasteiger partial charge in [0.05, 0.1) is 17.7 Å². The van der Waals surface area contributed by atoms with Crippen LogP contribution in [0.15, 0.2) is 73.2 Å².